The fraction of sp³-hybridized carbons (Fsp3) is 0.412. The maximum Gasteiger partial charge on any atom is 0.117 e. The third kappa shape index (κ3) is 3.49. The van der Waals surface area contributed by atoms with Crippen LogP contribution in [0.3, 0.4) is 0 Å². The molecule has 4 heteroatoms. The fourth-order valence-corrected chi connectivity index (χ4v) is 3.03. The van der Waals surface area contributed by atoms with E-state index in [9.17, 15) is 0 Å². The van der Waals surface area contributed by atoms with Gasteiger partial charge in [-0.05, 0) is 49.6 Å². The highest BCUT2D eigenvalue weighted by atomic mass is 35.5. The third-order valence-corrected chi connectivity index (χ3v) is 4.25. The van der Waals surface area contributed by atoms with Gasteiger partial charge in [-0.15, -0.1) is 0 Å². The Morgan fingerprint density at radius 3 is 2.52 bits per heavy atom. The van der Waals surface area contributed by atoms with Crippen molar-refractivity contribution in [1.29, 1.82) is 0 Å². The average molecular weight is 305 g/mol. The van der Waals surface area contributed by atoms with Crippen molar-refractivity contribution in [3.05, 3.63) is 59.0 Å². The molecule has 0 bridgehead atoms. The Bertz CT molecular complexity index is 561. The molecule has 0 aliphatic heterocycles. The second-order valence-electron chi connectivity index (χ2n) is 5.84. The second-order valence-corrected chi connectivity index (χ2v) is 6.27. The van der Waals surface area contributed by atoms with Crippen molar-refractivity contribution in [2.24, 2.45) is 5.73 Å². The van der Waals surface area contributed by atoms with Gasteiger partial charge in [0.15, 0.2) is 0 Å². The maximum absolute atomic E-state index is 6.30. The highest BCUT2D eigenvalue weighted by Crippen LogP contribution is 2.37. The molecule has 3 nitrogen and oxygen atoms in total. The molecule has 1 saturated carbocycles. The molecule has 2 atom stereocenters. The normalized spacial score (nSPS) is 17.9. The van der Waals surface area contributed by atoms with Crippen LogP contribution in [0.25, 0.3) is 0 Å². The Hall–Kier alpha value is -1.29. The lowest BCUT2D eigenvalue weighted by Gasteiger charge is -2.34. The minimum absolute atomic E-state index is 0.0433. The van der Waals surface area contributed by atoms with Gasteiger partial charge in [-0.3, -0.25) is 4.90 Å². The van der Waals surface area contributed by atoms with Crippen molar-refractivity contribution in [1.82, 2.24) is 4.90 Å². The molecular weight excluding hydrogens is 284 g/mol. The Labute approximate surface area is 130 Å². The smallest absolute Gasteiger partial charge is 0.117 e. The first-order valence-corrected chi connectivity index (χ1v) is 7.82. The summed E-state index contributed by atoms with van der Waals surface area (Å²) in [6.45, 7) is 2.86. The van der Waals surface area contributed by atoms with Gasteiger partial charge in [-0.25, -0.2) is 0 Å². The van der Waals surface area contributed by atoms with Gasteiger partial charge in [0.1, 0.15) is 5.76 Å². The Morgan fingerprint density at radius 2 is 2.00 bits per heavy atom. The summed E-state index contributed by atoms with van der Waals surface area (Å²) < 4.78 is 5.52. The van der Waals surface area contributed by atoms with E-state index >= 15 is 0 Å². The van der Waals surface area contributed by atoms with Gasteiger partial charge in [0.25, 0.3) is 0 Å². The molecule has 1 aromatic carbocycles. The number of hydrogen-bond acceptors (Lipinski definition) is 3. The van der Waals surface area contributed by atoms with Crippen LogP contribution in [0.4, 0.5) is 0 Å². The van der Waals surface area contributed by atoms with Crippen molar-refractivity contribution in [3.8, 4) is 0 Å². The lowest BCUT2D eigenvalue weighted by molar-refractivity contribution is 0.146. The van der Waals surface area contributed by atoms with Gasteiger partial charge in [0.05, 0.1) is 18.8 Å². The summed E-state index contributed by atoms with van der Waals surface area (Å²) in [6.07, 6.45) is 4.19. The van der Waals surface area contributed by atoms with Crippen LogP contribution in [0, 0.1) is 0 Å². The van der Waals surface area contributed by atoms with Crippen LogP contribution in [0.15, 0.2) is 47.1 Å². The zero-order valence-corrected chi connectivity index (χ0v) is 13.0. The van der Waals surface area contributed by atoms with Crippen molar-refractivity contribution < 1.29 is 4.42 Å². The SMILES string of the molecule is CC(N)C(c1ccc(Cl)cc1)N(Cc1ccco1)C1CC1. The van der Waals surface area contributed by atoms with Crippen LogP contribution < -0.4 is 5.73 Å². The molecule has 2 aromatic rings. The van der Waals surface area contributed by atoms with Crippen LogP contribution in [0.5, 0.6) is 0 Å². The molecule has 2 unspecified atom stereocenters. The van der Waals surface area contributed by atoms with Gasteiger partial charge in [0, 0.05) is 17.1 Å². The monoisotopic (exact) mass is 304 g/mol. The Kier molecular flexibility index (Phi) is 4.34. The van der Waals surface area contributed by atoms with Gasteiger partial charge < -0.3 is 10.2 Å². The molecule has 0 radical (unpaired) electrons. The first-order chi connectivity index (χ1) is 10.1. The number of nitrogens with two attached hydrogens (primary N) is 1. The van der Waals surface area contributed by atoms with Crippen molar-refractivity contribution >= 4 is 11.6 Å². The van der Waals surface area contributed by atoms with Gasteiger partial charge >= 0.3 is 0 Å². The summed E-state index contributed by atoms with van der Waals surface area (Å²) in [4.78, 5) is 2.47. The van der Waals surface area contributed by atoms with Gasteiger partial charge in [0.2, 0.25) is 0 Å². The quantitative estimate of drug-likeness (QED) is 0.877. The predicted molar refractivity (Wildman–Crippen MR) is 85.1 cm³/mol. The van der Waals surface area contributed by atoms with Gasteiger partial charge in [-0.2, -0.15) is 0 Å². The van der Waals surface area contributed by atoms with E-state index < -0.39 is 0 Å². The van der Waals surface area contributed by atoms with Crippen molar-refractivity contribution in [2.75, 3.05) is 0 Å². The molecule has 3 rings (SSSR count). The van der Waals surface area contributed by atoms with E-state index in [1.807, 2.05) is 24.3 Å². The number of hydrogen-bond donors (Lipinski definition) is 1. The largest absolute Gasteiger partial charge is 0.468 e. The van der Waals surface area contributed by atoms with Crippen LogP contribution in [-0.4, -0.2) is 17.0 Å². The lowest BCUT2D eigenvalue weighted by Crippen LogP contribution is -2.40. The third-order valence-electron chi connectivity index (χ3n) is 4.00. The summed E-state index contributed by atoms with van der Waals surface area (Å²) in [5.74, 6) is 0.988. The second kappa shape index (κ2) is 6.22. The van der Waals surface area contributed by atoms with E-state index in [4.69, 9.17) is 21.8 Å². The van der Waals surface area contributed by atoms with E-state index in [1.165, 1.54) is 18.4 Å². The molecule has 0 saturated heterocycles. The van der Waals surface area contributed by atoms with Crippen LogP contribution in [0.1, 0.15) is 37.1 Å². The minimum Gasteiger partial charge on any atom is -0.468 e. The lowest BCUT2D eigenvalue weighted by atomic mass is 9.98. The number of nitrogens with zero attached hydrogens (tertiary/aromatic N) is 1. The number of benzene rings is 1. The number of furan rings is 1. The van der Waals surface area contributed by atoms with Crippen LogP contribution in [-0.2, 0) is 6.54 Å². The van der Waals surface area contributed by atoms with Crippen molar-refractivity contribution in [3.63, 3.8) is 0 Å². The van der Waals surface area contributed by atoms with Crippen molar-refractivity contribution in [2.45, 2.75) is 44.4 Å². The topological polar surface area (TPSA) is 42.4 Å². The Morgan fingerprint density at radius 1 is 1.29 bits per heavy atom. The standard InChI is InChI=1S/C17H21ClN2O/c1-12(19)17(13-4-6-14(18)7-5-13)20(15-8-9-15)11-16-3-2-10-21-16/h2-7,10,12,15,17H,8-9,11,19H2,1H3. The molecule has 21 heavy (non-hydrogen) atoms. The average Bonchev–Trinajstić information content (AvgIpc) is 3.18. The molecule has 1 aliphatic rings. The molecule has 0 spiro atoms. The molecular formula is C17H21ClN2O. The molecule has 112 valence electrons. The molecule has 1 aliphatic carbocycles. The number of rotatable bonds is 6. The van der Waals surface area contributed by atoms with Crippen LogP contribution >= 0.6 is 11.6 Å². The Balaban J connectivity index is 1.87. The van der Waals surface area contributed by atoms with Crippen LogP contribution in [0.2, 0.25) is 5.02 Å². The van der Waals surface area contributed by atoms with Gasteiger partial charge in [-0.1, -0.05) is 23.7 Å². The molecule has 1 heterocycles. The highest BCUT2D eigenvalue weighted by Gasteiger charge is 2.36. The minimum atomic E-state index is 0.0433. The zero-order chi connectivity index (χ0) is 14.8. The zero-order valence-electron chi connectivity index (χ0n) is 12.2. The van der Waals surface area contributed by atoms with E-state index in [0.717, 1.165) is 17.3 Å². The van der Waals surface area contributed by atoms with E-state index in [-0.39, 0.29) is 12.1 Å². The van der Waals surface area contributed by atoms with E-state index in [0.29, 0.717) is 6.04 Å². The molecule has 1 fully saturated rings. The summed E-state index contributed by atoms with van der Waals surface area (Å²) in [5.41, 5.74) is 7.51. The maximum atomic E-state index is 6.30. The summed E-state index contributed by atoms with van der Waals surface area (Å²) >= 11 is 6.01. The fourth-order valence-electron chi connectivity index (χ4n) is 2.90. The summed E-state index contributed by atoms with van der Waals surface area (Å²) in [5, 5.41) is 0.756. The highest BCUT2D eigenvalue weighted by molar-refractivity contribution is 6.30. The molecule has 1 aromatic heterocycles. The first-order valence-electron chi connectivity index (χ1n) is 7.44. The predicted octanol–water partition coefficient (Wildman–Crippen LogP) is 3.99. The molecule has 0 amide bonds. The summed E-state index contributed by atoms with van der Waals surface area (Å²) in [7, 11) is 0. The number of halogens is 1. The summed E-state index contributed by atoms with van der Waals surface area (Å²) in [6, 6.07) is 12.8. The molecule has 2 N–H and O–H groups in total. The van der Waals surface area contributed by atoms with E-state index in [2.05, 4.69) is 24.0 Å². The first kappa shape index (κ1) is 14.6. The van der Waals surface area contributed by atoms with E-state index in [1.54, 1.807) is 6.26 Å².